The van der Waals surface area contributed by atoms with Crippen LogP contribution in [0, 0.1) is 0 Å². The number of ketones is 1. The molecular formula is C12H15ClO5. The Morgan fingerprint density at radius 3 is 2.72 bits per heavy atom. The van der Waals surface area contributed by atoms with Gasteiger partial charge in [-0.2, -0.15) is 0 Å². The second-order valence-corrected chi connectivity index (χ2v) is 3.93. The van der Waals surface area contributed by atoms with Crippen molar-refractivity contribution in [1.29, 1.82) is 0 Å². The third kappa shape index (κ3) is 4.18. The Labute approximate surface area is 110 Å². The maximum atomic E-state index is 11.2. The first-order valence-electron chi connectivity index (χ1n) is 5.29. The fourth-order valence-corrected chi connectivity index (χ4v) is 1.46. The summed E-state index contributed by atoms with van der Waals surface area (Å²) in [6.07, 6.45) is 0. The van der Waals surface area contributed by atoms with Crippen LogP contribution in [0.4, 0.5) is 0 Å². The number of methoxy groups -OCH3 is 1. The highest BCUT2D eigenvalue weighted by Gasteiger charge is 2.12. The molecule has 0 saturated carbocycles. The second-order valence-electron chi connectivity index (χ2n) is 3.52. The van der Waals surface area contributed by atoms with Gasteiger partial charge in [0.05, 0.1) is 23.8 Å². The van der Waals surface area contributed by atoms with Gasteiger partial charge in [-0.15, -0.1) is 0 Å². The standard InChI is InChI=1S/C12H15ClO5/c1-8(14)9-5-10(13)12(6-11(9)15)18-7-17-4-3-16-2/h5-6,15H,3-4,7H2,1-2H3. The molecular weight excluding hydrogens is 260 g/mol. The summed E-state index contributed by atoms with van der Waals surface area (Å²) in [5, 5.41) is 9.85. The number of carbonyl (C=O) groups is 1. The maximum absolute atomic E-state index is 11.2. The minimum absolute atomic E-state index is 0.0120. The van der Waals surface area contributed by atoms with E-state index in [9.17, 15) is 9.90 Å². The van der Waals surface area contributed by atoms with Crippen molar-refractivity contribution in [2.24, 2.45) is 0 Å². The van der Waals surface area contributed by atoms with Crippen molar-refractivity contribution in [2.45, 2.75) is 6.92 Å². The predicted molar refractivity (Wildman–Crippen MR) is 66.4 cm³/mol. The molecule has 1 rings (SSSR count). The number of phenols is 1. The minimum atomic E-state index is -0.266. The third-order valence-electron chi connectivity index (χ3n) is 2.16. The molecule has 5 nitrogen and oxygen atoms in total. The number of carbonyl (C=O) groups excluding carboxylic acids is 1. The Bertz CT molecular complexity index is 419. The van der Waals surface area contributed by atoms with Crippen molar-refractivity contribution in [3.63, 3.8) is 0 Å². The van der Waals surface area contributed by atoms with Gasteiger partial charge >= 0.3 is 0 Å². The van der Waals surface area contributed by atoms with Crippen LogP contribution in [0.5, 0.6) is 11.5 Å². The van der Waals surface area contributed by atoms with Crippen LogP contribution in [-0.2, 0) is 9.47 Å². The van der Waals surface area contributed by atoms with Crippen molar-refractivity contribution < 1.29 is 24.1 Å². The first kappa shape index (κ1) is 14.8. The Hall–Kier alpha value is -1.30. The van der Waals surface area contributed by atoms with E-state index in [2.05, 4.69) is 0 Å². The molecule has 0 unspecified atom stereocenters. The molecule has 1 aromatic carbocycles. The molecule has 18 heavy (non-hydrogen) atoms. The number of hydrogen-bond donors (Lipinski definition) is 1. The molecule has 1 N–H and O–H groups in total. The largest absolute Gasteiger partial charge is 0.507 e. The molecule has 100 valence electrons. The van der Waals surface area contributed by atoms with Gasteiger partial charge in [0.2, 0.25) is 0 Å². The molecule has 0 aliphatic heterocycles. The molecule has 6 heteroatoms. The first-order chi connectivity index (χ1) is 8.56. The third-order valence-corrected chi connectivity index (χ3v) is 2.45. The molecule has 0 aromatic heterocycles. The van der Waals surface area contributed by atoms with Crippen LogP contribution in [0.15, 0.2) is 12.1 Å². The molecule has 0 radical (unpaired) electrons. The molecule has 0 atom stereocenters. The highest BCUT2D eigenvalue weighted by molar-refractivity contribution is 6.32. The smallest absolute Gasteiger partial charge is 0.189 e. The van der Waals surface area contributed by atoms with Gasteiger partial charge in [-0.05, 0) is 13.0 Å². The second kappa shape index (κ2) is 7.20. The Morgan fingerprint density at radius 2 is 2.11 bits per heavy atom. The van der Waals surface area contributed by atoms with Crippen molar-refractivity contribution in [3.05, 3.63) is 22.7 Å². The van der Waals surface area contributed by atoms with E-state index < -0.39 is 0 Å². The monoisotopic (exact) mass is 274 g/mol. The molecule has 0 aliphatic rings. The first-order valence-corrected chi connectivity index (χ1v) is 5.67. The number of ether oxygens (including phenoxy) is 3. The van der Waals surface area contributed by atoms with Crippen molar-refractivity contribution >= 4 is 17.4 Å². The molecule has 0 spiro atoms. The van der Waals surface area contributed by atoms with Crippen LogP contribution in [-0.4, -0.2) is 38.0 Å². The van der Waals surface area contributed by atoms with Gasteiger partial charge < -0.3 is 19.3 Å². The Morgan fingerprint density at radius 1 is 1.39 bits per heavy atom. The summed E-state index contributed by atoms with van der Waals surface area (Å²) in [5.74, 6) is -0.173. The number of aromatic hydroxyl groups is 1. The lowest BCUT2D eigenvalue weighted by Gasteiger charge is -2.10. The fourth-order valence-electron chi connectivity index (χ4n) is 1.24. The summed E-state index contributed by atoms with van der Waals surface area (Å²) in [5.41, 5.74) is 0.160. The van der Waals surface area contributed by atoms with Gasteiger partial charge in [-0.25, -0.2) is 0 Å². The van der Waals surface area contributed by atoms with Crippen molar-refractivity contribution in [3.8, 4) is 11.5 Å². The average Bonchev–Trinajstić information content (AvgIpc) is 2.32. The van der Waals surface area contributed by atoms with Crippen LogP contribution in [0.1, 0.15) is 17.3 Å². The van der Waals surface area contributed by atoms with Gasteiger partial charge in [-0.3, -0.25) is 4.79 Å². The predicted octanol–water partition coefficient (Wildman–Crippen LogP) is 2.25. The SMILES string of the molecule is COCCOCOc1cc(O)c(C(C)=O)cc1Cl. The number of halogens is 1. The Balaban J connectivity index is 2.62. The van der Waals surface area contributed by atoms with E-state index in [1.165, 1.54) is 19.1 Å². The molecule has 0 saturated heterocycles. The number of hydrogen-bond acceptors (Lipinski definition) is 5. The van der Waals surface area contributed by atoms with Gasteiger partial charge in [0.25, 0.3) is 0 Å². The number of Topliss-reactive ketones (excluding diaryl/α,β-unsaturated/α-hetero) is 1. The highest BCUT2D eigenvalue weighted by Crippen LogP contribution is 2.32. The van der Waals surface area contributed by atoms with Gasteiger partial charge in [0.15, 0.2) is 12.6 Å². The van der Waals surface area contributed by atoms with E-state index in [1.54, 1.807) is 7.11 Å². The van der Waals surface area contributed by atoms with E-state index >= 15 is 0 Å². The summed E-state index contributed by atoms with van der Waals surface area (Å²) in [6, 6.07) is 2.66. The van der Waals surface area contributed by atoms with Crippen molar-refractivity contribution in [2.75, 3.05) is 27.1 Å². The Kier molecular flexibility index (Phi) is 5.91. The topological polar surface area (TPSA) is 65.0 Å². The molecule has 0 amide bonds. The zero-order valence-corrected chi connectivity index (χ0v) is 11.0. The summed E-state index contributed by atoms with van der Waals surface area (Å²) in [6.45, 7) is 2.19. The average molecular weight is 275 g/mol. The van der Waals surface area contributed by atoms with E-state index in [4.69, 9.17) is 25.8 Å². The highest BCUT2D eigenvalue weighted by atomic mass is 35.5. The van der Waals surface area contributed by atoms with Gasteiger partial charge in [-0.1, -0.05) is 11.6 Å². The van der Waals surface area contributed by atoms with Crippen molar-refractivity contribution in [1.82, 2.24) is 0 Å². The zero-order chi connectivity index (χ0) is 13.5. The summed E-state index contributed by atoms with van der Waals surface area (Å²) < 4.78 is 15.1. The number of phenolic OH excluding ortho intramolecular Hbond substituents is 1. The normalized spacial score (nSPS) is 10.4. The minimum Gasteiger partial charge on any atom is -0.507 e. The lowest BCUT2D eigenvalue weighted by molar-refractivity contribution is -0.00849. The molecule has 1 aromatic rings. The molecule has 0 aliphatic carbocycles. The summed E-state index contributed by atoms with van der Waals surface area (Å²) >= 11 is 5.92. The number of benzene rings is 1. The van der Waals surface area contributed by atoms with Gasteiger partial charge in [0.1, 0.15) is 11.5 Å². The molecule has 0 bridgehead atoms. The van der Waals surface area contributed by atoms with Crippen LogP contribution in [0.25, 0.3) is 0 Å². The van der Waals surface area contributed by atoms with Crippen LogP contribution < -0.4 is 4.74 Å². The van der Waals surface area contributed by atoms with Crippen LogP contribution in [0.3, 0.4) is 0 Å². The van der Waals surface area contributed by atoms with E-state index in [1.807, 2.05) is 0 Å². The van der Waals surface area contributed by atoms with Gasteiger partial charge in [0, 0.05) is 13.2 Å². The lowest BCUT2D eigenvalue weighted by Crippen LogP contribution is -2.08. The molecule has 0 heterocycles. The van der Waals surface area contributed by atoms with E-state index in [-0.39, 0.29) is 34.7 Å². The lowest BCUT2D eigenvalue weighted by atomic mass is 10.1. The van der Waals surface area contributed by atoms with E-state index in [0.717, 1.165) is 0 Å². The maximum Gasteiger partial charge on any atom is 0.189 e. The summed E-state index contributed by atoms with van der Waals surface area (Å²) in [7, 11) is 1.57. The quantitative estimate of drug-likeness (QED) is 0.469. The van der Waals surface area contributed by atoms with Crippen LogP contribution >= 0.6 is 11.6 Å². The zero-order valence-electron chi connectivity index (χ0n) is 10.2. The summed E-state index contributed by atoms with van der Waals surface area (Å²) in [4.78, 5) is 11.2. The molecule has 0 fully saturated rings. The fraction of sp³-hybridized carbons (Fsp3) is 0.417. The van der Waals surface area contributed by atoms with Crippen LogP contribution in [0.2, 0.25) is 5.02 Å². The van der Waals surface area contributed by atoms with E-state index in [0.29, 0.717) is 13.2 Å². The number of rotatable bonds is 7.